The first kappa shape index (κ1) is 25.4. The summed E-state index contributed by atoms with van der Waals surface area (Å²) in [5.41, 5.74) is 3.00. The molecule has 0 saturated heterocycles. The Bertz CT molecular complexity index is 813. The molecule has 0 aliphatic rings. The Kier molecular flexibility index (Phi) is 11.9. The van der Waals surface area contributed by atoms with Gasteiger partial charge >= 0.3 is 0 Å². The average Bonchev–Trinajstić information content (AvgIpc) is 2.63. The fourth-order valence-electron chi connectivity index (χ4n) is 2.58. The van der Waals surface area contributed by atoms with Gasteiger partial charge < -0.3 is 20.9 Å². The summed E-state index contributed by atoms with van der Waals surface area (Å²) in [6.45, 7) is 4.38. The summed E-state index contributed by atoms with van der Waals surface area (Å²) in [6.07, 6.45) is 0. The number of rotatable bonds is 8. The minimum absolute atomic E-state index is 0. The third-order valence-electron chi connectivity index (χ3n) is 3.78. The molecule has 0 heterocycles. The molecule has 1 amide bonds. The standard InChI is InChI=1S/C21H28BrN5O.HI/c1-4-23-21(24-13-16-7-5-9-18(22)11-16)25-14-17-8-6-10-19(12-17)26-20(28)15-27(2)3;/h5-12H,4,13-15H2,1-3H3,(H,26,28)(H2,23,24,25);1H. The summed E-state index contributed by atoms with van der Waals surface area (Å²) in [7, 11) is 3.74. The van der Waals surface area contributed by atoms with E-state index in [-0.39, 0.29) is 29.9 Å². The number of carbonyl (C=O) groups excluding carboxylic acids is 1. The van der Waals surface area contributed by atoms with Gasteiger partial charge in [0.2, 0.25) is 5.91 Å². The highest BCUT2D eigenvalue weighted by atomic mass is 127. The second-order valence-corrected chi connectivity index (χ2v) is 7.58. The smallest absolute Gasteiger partial charge is 0.238 e. The molecule has 0 radical (unpaired) electrons. The van der Waals surface area contributed by atoms with Crippen LogP contribution in [-0.4, -0.2) is 44.0 Å². The van der Waals surface area contributed by atoms with Crippen LogP contribution >= 0.6 is 39.9 Å². The molecule has 3 N–H and O–H groups in total. The third-order valence-corrected chi connectivity index (χ3v) is 4.28. The van der Waals surface area contributed by atoms with E-state index < -0.39 is 0 Å². The van der Waals surface area contributed by atoms with E-state index in [0.717, 1.165) is 33.8 Å². The number of hydrogen-bond acceptors (Lipinski definition) is 3. The summed E-state index contributed by atoms with van der Waals surface area (Å²) in [6, 6.07) is 15.9. The summed E-state index contributed by atoms with van der Waals surface area (Å²) in [5.74, 6) is 0.726. The lowest BCUT2D eigenvalue weighted by atomic mass is 10.2. The van der Waals surface area contributed by atoms with Gasteiger partial charge in [-0.2, -0.15) is 0 Å². The Morgan fingerprint density at radius 3 is 2.48 bits per heavy atom. The van der Waals surface area contributed by atoms with Crippen LogP contribution in [0.4, 0.5) is 5.69 Å². The lowest BCUT2D eigenvalue weighted by molar-refractivity contribution is -0.116. The summed E-state index contributed by atoms with van der Waals surface area (Å²) in [4.78, 5) is 18.4. The maximum atomic E-state index is 11.9. The maximum Gasteiger partial charge on any atom is 0.238 e. The normalized spacial score (nSPS) is 11.0. The lowest BCUT2D eigenvalue weighted by Gasteiger charge is -2.13. The molecule has 0 bridgehead atoms. The highest BCUT2D eigenvalue weighted by molar-refractivity contribution is 14.0. The van der Waals surface area contributed by atoms with Crippen molar-refractivity contribution in [2.24, 2.45) is 4.99 Å². The summed E-state index contributed by atoms with van der Waals surface area (Å²) in [5, 5.41) is 9.52. The van der Waals surface area contributed by atoms with Crippen LogP contribution in [0.25, 0.3) is 0 Å². The maximum absolute atomic E-state index is 11.9. The fourth-order valence-corrected chi connectivity index (χ4v) is 3.03. The Hall–Kier alpha value is -1.65. The minimum atomic E-state index is -0.0287. The van der Waals surface area contributed by atoms with Crippen LogP contribution in [0.2, 0.25) is 0 Å². The van der Waals surface area contributed by atoms with E-state index in [4.69, 9.17) is 0 Å². The van der Waals surface area contributed by atoms with Gasteiger partial charge in [-0.25, -0.2) is 4.99 Å². The summed E-state index contributed by atoms with van der Waals surface area (Å²) >= 11 is 3.49. The van der Waals surface area contributed by atoms with Crippen LogP contribution in [-0.2, 0) is 17.9 Å². The molecule has 0 saturated carbocycles. The van der Waals surface area contributed by atoms with Crippen LogP contribution in [0.5, 0.6) is 0 Å². The highest BCUT2D eigenvalue weighted by Crippen LogP contribution is 2.13. The Balaban J connectivity index is 0.00000420. The van der Waals surface area contributed by atoms with E-state index in [1.807, 2.05) is 62.3 Å². The van der Waals surface area contributed by atoms with Crippen LogP contribution in [0.1, 0.15) is 18.1 Å². The quantitative estimate of drug-likeness (QED) is 0.255. The first-order valence-electron chi connectivity index (χ1n) is 9.26. The van der Waals surface area contributed by atoms with Crippen molar-refractivity contribution >= 4 is 57.5 Å². The molecule has 0 unspecified atom stereocenters. The number of hydrogen-bond donors (Lipinski definition) is 3. The van der Waals surface area contributed by atoms with Gasteiger partial charge in [0.1, 0.15) is 0 Å². The number of amides is 1. The summed E-state index contributed by atoms with van der Waals surface area (Å²) < 4.78 is 1.05. The van der Waals surface area contributed by atoms with Crippen molar-refractivity contribution in [1.29, 1.82) is 0 Å². The number of aliphatic imine (C=N–C) groups is 1. The van der Waals surface area contributed by atoms with Gasteiger partial charge in [0.05, 0.1) is 13.1 Å². The number of carbonyl (C=O) groups is 1. The van der Waals surface area contributed by atoms with E-state index in [1.165, 1.54) is 0 Å². The molecular weight excluding hydrogens is 545 g/mol. The van der Waals surface area contributed by atoms with Crippen molar-refractivity contribution in [3.63, 3.8) is 0 Å². The highest BCUT2D eigenvalue weighted by Gasteiger charge is 2.05. The minimum Gasteiger partial charge on any atom is -0.357 e. The van der Waals surface area contributed by atoms with Gasteiger partial charge in [-0.15, -0.1) is 24.0 Å². The van der Waals surface area contributed by atoms with Crippen LogP contribution in [0, 0.1) is 0 Å². The number of likely N-dealkylation sites (N-methyl/N-ethyl adjacent to an activating group) is 1. The molecule has 2 rings (SSSR count). The molecule has 0 fully saturated rings. The fraction of sp³-hybridized carbons (Fsp3) is 0.333. The molecule has 2 aromatic carbocycles. The third kappa shape index (κ3) is 10.1. The predicted molar refractivity (Wildman–Crippen MR) is 135 cm³/mol. The molecule has 6 nitrogen and oxygen atoms in total. The monoisotopic (exact) mass is 573 g/mol. The molecule has 0 spiro atoms. The van der Waals surface area contributed by atoms with Crippen LogP contribution < -0.4 is 16.0 Å². The SMILES string of the molecule is CCNC(=NCc1cccc(Br)c1)NCc1cccc(NC(=O)CN(C)C)c1.I. The molecule has 158 valence electrons. The molecule has 29 heavy (non-hydrogen) atoms. The van der Waals surface area contributed by atoms with Gasteiger partial charge in [-0.1, -0.05) is 40.2 Å². The zero-order chi connectivity index (χ0) is 20.4. The number of anilines is 1. The first-order chi connectivity index (χ1) is 13.5. The molecule has 8 heteroatoms. The van der Waals surface area contributed by atoms with E-state index in [1.54, 1.807) is 0 Å². The Morgan fingerprint density at radius 2 is 1.79 bits per heavy atom. The zero-order valence-corrected chi connectivity index (χ0v) is 21.0. The molecular formula is C21H29BrIN5O. The number of nitrogens with zero attached hydrogens (tertiary/aromatic N) is 2. The molecule has 0 aromatic heterocycles. The van der Waals surface area contributed by atoms with E-state index in [2.05, 4.69) is 49.0 Å². The van der Waals surface area contributed by atoms with Crippen molar-refractivity contribution < 1.29 is 4.79 Å². The molecule has 0 aliphatic heterocycles. The Labute approximate surface area is 198 Å². The largest absolute Gasteiger partial charge is 0.357 e. The van der Waals surface area contributed by atoms with Gasteiger partial charge in [0.25, 0.3) is 0 Å². The van der Waals surface area contributed by atoms with Gasteiger partial charge in [0.15, 0.2) is 5.96 Å². The zero-order valence-electron chi connectivity index (χ0n) is 17.0. The second kappa shape index (κ2) is 13.6. The molecule has 0 atom stereocenters. The van der Waals surface area contributed by atoms with Crippen molar-refractivity contribution in [2.45, 2.75) is 20.0 Å². The number of benzene rings is 2. The van der Waals surface area contributed by atoms with Crippen molar-refractivity contribution in [2.75, 3.05) is 32.5 Å². The predicted octanol–water partition coefficient (Wildman–Crippen LogP) is 3.82. The van der Waals surface area contributed by atoms with E-state index in [9.17, 15) is 4.79 Å². The van der Waals surface area contributed by atoms with E-state index in [0.29, 0.717) is 19.6 Å². The average molecular weight is 574 g/mol. The van der Waals surface area contributed by atoms with Crippen molar-refractivity contribution in [3.05, 3.63) is 64.1 Å². The lowest BCUT2D eigenvalue weighted by Crippen LogP contribution is -2.36. The second-order valence-electron chi connectivity index (χ2n) is 6.66. The van der Waals surface area contributed by atoms with Crippen LogP contribution in [0.15, 0.2) is 58.0 Å². The Morgan fingerprint density at radius 1 is 1.07 bits per heavy atom. The van der Waals surface area contributed by atoms with Crippen LogP contribution in [0.3, 0.4) is 0 Å². The topological polar surface area (TPSA) is 68.8 Å². The molecule has 2 aromatic rings. The van der Waals surface area contributed by atoms with Crippen molar-refractivity contribution in [1.82, 2.24) is 15.5 Å². The number of guanidine groups is 1. The number of nitrogens with one attached hydrogen (secondary N) is 3. The molecule has 0 aliphatic carbocycles. The first-order valence-corrected chi connectivity index (χ1v) is 10.1. The van der Waals surface area contributed by atoms with E-state index >= 15 is 0 Å². The number of halogens is 2. The van der Waals surface area contributed by atoms with Crippen molar-refractivity contribution in [3.8, 4) is 0 Å². The van der Waals surface area contributed by atoms with Gasteiger partial charge in [0, 0.05) is 23.2 Å². The van der Waals surface area contributed by atoms with Gasteiger partial charge in [-0.3, -0.25) is 4.79 Å². The van der Waals surface area contributed by atoms with Gasteiger partial charge in [-0.05, 0) is 56.4 Å².